The number of hydrogen-bond acceptors (Lipinski definition) is 0. The Morgan fingerprint density at radius 3 is 2.47 bits per heavy atom. The molecule has 0 atom stereocenters. The number of rotatable bonds is 5. The minimum absolute atomic E-state index is 1.20. The van der Waals surface area contributed by atoms with Crippen molar-refractivity contribution in [3.05, 3.63) is 41.5 Å². The van der Waals surface area contributed by atoms with Crippen molar-refractivity contribution in [1.82, 2.24) is 0 Å². The third-order valence-corrected chi connectivity index (χ3v) is 2.69. The Hall–Kier alpha value is -1.04. The standard InChI is InChI=1S/C15H22/c1-4-6-11-14(9-5-2)15-12-8-7-10-13(15)3/h7-8,10-12H,4-6,9H2,1-3H3. The Kier molecular flexibility index (Phi) is 5.17. The number of aryl methyl sites for hydroxylation is 1. The van der Waals surface area contributed by atoms with Crippen LogP contribution in [-0.4, -0.2) is 0 Å². The molecular formula is C15H22. The van der Waals surface area contributed by atoms with Crippen LogP contribution in [0.25, 0.3) is 5.57 Å². The summed E-state index contributed by atoms with van der Waals surface area (Å²) in [5, 5.41) is 0. The molecular weight excluding hydrogens is 180 g/mol. The fourth-order valence-corrected chi connectivity index (χ4v) is 1.87. The topological polar surface area (TPSA) is 0 Å². The van der Waals surface area contributed by atoms with E-state index in [1.807, 2.05) is 0 Å². The van der Waals surface area contributed by atoms with E-state index in [4.69, 9.17) is 0 Å². The molecule has 0 amide bonds. The van der Waals surface area contributed by atoms with Gasteiger partial charge in [-0.3, -0.25) is 0 Å². The van der Waals surface area contributed by atoms with Gasteiger partial charge in [-0.25, -0.2) is 0 Å². The number of unbranched alkanes of at least 4 members (excludes halogenated alkanes) is 1. The maximum atomic E-state index is 2.41. The van der Waals surface area contributed by atoms with Gasteiger partial charge in [-0.15, -0.1) is 0 Å². The molecule has 1 aromatic carbocycles. The van der Waals surface area contributed by atoms with Crippen molar-refractivity contribution in [2.24, 2.45) is 0 Å². The molecule has 0 heteroatoms. The third-order valence-electron chi connectivity index (χ3n) is 2.69. The molecule has 0 N–H and O–H groups in total. The van der Waals surface area contributed by atoms with E-state index in [2.05, 4.69) is 51.1 Å². The maximum absolute atomic E-state index is 2.41. The summed E-state index contributed by atoms with van der Waals surface area (Å²) in [5.74, 6) is 0. The van der Waals surface area contributed by atoms with Gasteiger partial charge in [-0.05, 0) is 36.5 Å². The molecule has 0 aliphatic carbocycles. The molecule has 0 fully saturated rings. The Bertz CT molecular complexity index is 321. The summed E-state index contributed by atoms with van der Waals surface area (Å²) in [7, 11) is 0. The van der Waals surface area contributed by atoms with E-state index in [1.54, 1.807) is 0 Å². The van der Waals surface area contributed by atoms with Crippen molar-refractivity contribution >= 4 is 5.57 Å². The van der Waals surface area contributed by atoms with Crippen molar-refractivity contribution in [2.45, 2.75) is 46.5 Å². The lowest BCUT2D eigenvalue weighted by Gasteiger charge is -2.09. The first-order valence-electron chi connectivity index (χ1n) is 6.04. The molecule has 1 rings (SSSR count). The van der Waals surface area contributed by atoms with Crippen LogP contribution in [0.2, 0.25) is 0 Å². The SMILES string of the molecule is CCCC=C(CCC)c1ccccc1C. The number of benzene rings is 1. The molecule has 0 bridgehead atoms. The van der Waals surface area contributed by atoms with Gasteiger partial charge < -0.3 is 0 Å². The summed E-state index contributed by atoms with van der Waals surface area (Å²) in [5.41, 5.74) is 4.36. The first kappa shape index (κ1) is 12.0. The van der Waals surface area contributed by atoms with E-state index in [-0.39, 0.29) is 0 Å². The second-order valence-corrected chi connectivity index (χ2v) is 4.08. The van der Waals surface area contributed by atoms with Crippen LogP contribution in [0.1, 0.15) is 50.7 Å². The Morgan fingerprint density at radius 1 is 1.13 bits per heavy atom. The van der Waals surface area contributed by atoms with E-state index >= 15 is 0 Å². The van der Waals surface area contributed by atoms with Gasteiger partial charge in [0.25, 0.3) is 0 Å². The summed E-state index contributed by atoms with van der Waals surface area (Å²) in [6.45, 7) is 6.68. The zero-order chi connectivity index (χ0) is 11.1. The summed E-state index contributed by atoms with van der Waals surface area (Å²) in [4.78, 5) is 0. The van der Waals surface area contributed by atoms with Gasteiger partial charge in [0.1, 0.15) is 0 Å². The van der Waals surface area contributed by atoms with Crippen LogP contribution in [0, 0.1) is 6.92 Å². The smallest absolute Gasteiger partial charge is 0.0198 e. The van der Waals surface area contributed by atoms with Gasteiger partial charge in [0.15, 0.2) is 0 Å². The second kappa shape index (κ2) is 6.44. The van der Waals surface area contributed by atoms with E-state index in [0.29, 0.717) is 0 Å². The highest BCUT2D eigenvalue weighted by Crippen LogP contribution is 2.23. The molecule has 0 saturated heterocycles. The molecule has 0 heterocycles. The first-order chi connectivity index (χ1) is 7.29. The summed E-state index contributed by atoms with van der Waals surface area (Å²) >= 11 is 0. The highest BCUT2D eigenvalue weighted by atomic mass is 14.1. The van der Waals surface area contributed by atoms with E-state index in [0.717, 1.165) is 0 Å². The fourth-order valence-electron chi connectivity index (χ4n) is 1.87. The fraction of sp³-hybridized carbons (Fsp3) is 0.467. The van der Waals surface area contributed by atoms with Crippen LogP contribution in [-0.2, 0) is 0 Å². The lowest BCUT2D eigenvalue weighted by Crippen LogP contribution is -1.88. The van der Waals surface area contributed by atoms with Gasteiger partial charge >= 0.3 is 0 Å². The van der Waals surface area contributed by atoms with E-state index < -0.39 is 0 Å². The van der Waals surface area contributed by atoms with Crippen molar-refractivity contribution in [1.29, 1.82) is 0 Å². The van der Waals surface area contributed by atoms with Crippen LogP contribution in [0.15, 0.2) is 30.3 Å². The average molecular weight is 202 g/mol. The maximum Gasteiger partial charge on any atom is -0.0198 e. The molecule has 82 valence electrons. The number of hydrogen-bond donors (Lipinski definition) is 0. The minimum atomic E-state index is 1.20. The predicted octanol–water partition coefficient (Wildman–Crippen LogP) is 4.98. The van der Waals surface area contributed by atoms with Gasteiger partial charge in [0, 0.05) is 0 Å². The van der Waals surface area contributed by atoms with Crippen molar-refractivity contribution in [3.8, 4) is 0 Å². The molecule has 0 nitrogen and oxygen atoms in total. The zero-order valence-electron chi connectivity index (χ0n) is 10.2. The Balaban J connectivity index is 2.93. The van der Waals surface area contributed by atoms with E-state index in [9.17, 15) is 0 Å². The molecule has 0 spiro atoms. The molecule has 0 aromatic heterocycles. The van der Waals surface area contributed by atoms with Gasteiger partial charge in [0.2, 0.25) is 0 Å². The molecule has 0 unspecified atom stereocenters. The highest BCUT2D eigenvalue weighted by Gasteiger charge is 2.02. The molecule has 15 heavy (non-hydrogen) atoms. The Morgan fingerprint density at radius 2 is 1.87 bits per heavy atom. The van der Waals surface area contributed by atoms with Crippen molar-refractivity contribution < 1.29 is 0 Å². The number of allylic oxidation sites excluding steroid dienone is 2. The van der Waals surface area contributed by atoms with E-state index in [1.165, 1.54) is 42.4 Å². The largest absolute Gasteiger partial charge is 0.0807 e. The summed E-state index contributed by atoms with van der Waals surface area (Å²) in [6.07, 6.45) is 7.27. The minimum Gasteiger partial charge on any atom is -0.0807 e. The monoisotopic (exact) mass is 202 g/mol. The van der Waals surface area contributed by atoms with Crippen molar-refractivity contribution in [3.63, 3.8) is 0 Å². The normalized spacial score (nSPS) is 11.8. The quantitative estimate of drug-likeness (QED) is 0.631. The van der Waals surface area contributed by atoms with Gasteiger partial charge in [-0.1, -0.05) is 57.0 Å². The third kappa shape index (κ3) is 3.54. The zero-order valence-corrected chi connectivity index (χ0v) is 10.2. The molecule has 0 aliphatic rings. The predicted molar refractivity (Wildman–Crippen MR) is 69.0 cm³/mol. The van der Waals surface area contributed by atoms with Crippen LogP contribution in [0.4, 0.5) is 0 Å². The van der Waals surface area contributed by atoms with Crippen LogP contribution >= 0.6 is 0 Å². The molecule has 1 aromatic rings. The summed E-state index contributed by atoms with van der Waals surface area (Å²) in [6, 6.07) is 8.69. The molecule has 0 saturated carbocycles. The average Bonchev–Trinajstić information content (AvgIpc) is 2.25. The lowest BCUT2D eigenvalue weighted by atomic mass is 9.96. The Labute approximate surface area is 94.0 Å². The van der Waals surface area contributed by atoms with Gasteiger partial charge in [-0.2, -0.15) is 0 Å². The first-order valence-corrected chi connectivity index (χ1v) is 6.04. The highest BCUT2D eigenvalue weighted by molar-refractivity contribution is 5.68. The summed E-state index contributed by atoms with van der Waals surface area (Å²) < 4.78 is 0. The van der Waals surface area contributed by atoms with Crippen LogP contribution < -0.4 is 0 Å². The molecule has 0 radical (unpaired) electrons. The van der Waals surface area contributed by atoms with Crippen molar-refractivity contribution in [2.75, 3.05) is 0 Å². The van der Waals surface area contributed by atoms with Gasteiger partial charge in [0.05, 0.1) is 0 Å². The lowest BCUT2D eigenvalue weighted by molar-refractivity contribution is 0.932. The van der Waals surface area contributed by atoms with Crippen LogP contribution in [0.3, 0.4) is 0 Å². The van der Waals surface area contributed by atoms with Crippen LogP contribution in [0.5, 0.6) is 0 Å². The second-order valence-electron chi connectivity index (χ2n) is 4.08. The molecule has 0 aliphatic heterocycles.